The zero-order chi connectivity index (χ0) is 23.9. The monoisotopic (exact) mass is 525 g/mol. The number of thiophene rings is 3. The quantitative estimate of drug-likeness (QED) is 0.280. The van der Waals surface area contributed by atoms with Gasteiger partial charge in [-0.1, -0.05) is 18.2 Å². The van der Waals surface area contributed by atoms with Crippen LogP contribution in [0.3, 0.4) is 0 Å². The van der Waals surface area contributed by atoms with E-state index in [-0.39, 0.29) is 0 Å². The van der Waals surface area contributed by atoms with Crippen LogP contribution >= 0.6 is 34.0 Å². The molecular formula is C24H15N9S3. The van der Waals surface area contributed by atoms with Crippen LogP contribution in [-0.4, -0.2) is 44.3 Å². The van der Waals surface area contributed by atoms with Gasteiger partial charge in [0.05, 0.1) is 18.6 Å². The van der Waals surface area contributed by atoms with Crippen molar-refractivity contribution in [3.8, 4) is 49.2 Å². The van der Waals surface area contributed by atoms with Crippen LogP contribution in [0, 0.1) is 0 Å². The lowest BCUT2D eigenvalue weighted by Gasteiger charge is -2.07. The van der Waals surface area contributed by atoms with Crippen molar-refractivity contribution < 1.29 is 0 Å². The topological polar surface area (TPSA) is 92.1 Å². The molecule has 0 aliphatic heterocycles. The van der Waals surface area contributed by atoms with Gasteiger partial charge in [-0.25, -0.2) is 14.0 Å². The summed E-state index contributed by atoms with van der Waals surface area (Å²) >= 11 is 4.96. The van der Waals surface area contributed by atoms with Gasteiger partial charge in [-0.2, -0.15) is 30.2 Å². The molecule has 0 aliphatic rings. The minimum Gasteiger partial charge on any atom is -0.205 e. The normalized spacial score (nSPS) is 11.3. The third-order valence-electron chi connectivity index (χ3n) is 5.38. The molecule has 0 spiro atoms. The lowest BCUT2D eigenvalue weighted by molar-refractivity contribution is 0.707. The molecule has 0 aliphatic carbocycles. The second-order valence-corrected chi connectivity index (χ2v) is 10.5. The lowest BCUT2D eigenvalue weighted by atomic mass is 10.3. The Hall–Kier alpha value is -4.26. The highest BCUT2D eigenvalue weighted by atomic mass is 32.1. The van der Waals surface area contributed by atoms with Gasteiger partial charge in [0.2, 0.25) is 0 Å². The molecule has 174 valence electrons. The van der Waals surface area contributed by atoms with Gasteiger partial charge in [0.15, 0.2) is 0 Å². The molecule has 0 radical (unpaired) electrons. The lowest BCUT2D eigenvalue weighted by Crippen LogP contribution is -2.13. The molecule has 0 N–H and O–H groups in total. The molecule has 0 saturated heterocycles. The van der Waals surface area contributed by atoms with Crippen molar-refractivity contribution in [3.63, 3.8) is 0 Å². The third-order valence-corrected chi connectivity index (χ3v) is 8.14. The van der Waals surface area contributed by atoms with E-state index in [1.54, 1.807) is 66.6 Å². The van der Waals surface area contributed by atoms with E-state index >= 15 is 0 Å². The molecule has 7 rings (SSSR count). The molecule has 7 aromatic rings. The van der Waals surface area contributed by atoms with Crippen molar-refractivity contribution in [3.05, 3.63) is 89.7 Å². The molecular weight excluding hydrogens is 511 g/mol. The van der Waals surface area contributed by atoms with Crippen molar-refractivity contribution in [2.75, 3.05) is 0 Å². The minimum atomic E-state index is 0.374. The maximum Gasteiger partial charge on any atom is 0.257 e. The van der Waals surface area contributed by atoms with Gasteiger partial charge in [0.1, 0.15) is 0 Å². The Morgan fingerprint density at radius 1 is 0.472 bits per heavy atom. The number of hydrogen-bond donors (Lipinski definition) is 0. The van der Waals surface area contributed by atoms with Crippen molar-refractivity contribution in [1.82, 2.24) is 44.3 Å². The van der Waals surface area contributed by atoms with Gasteiger partial charge in [-0.3, -0.25) is 0 Å². The predicted molar refractivity (Wildman–Crippen MR) is 141 cm³/mol. The fraction of sp³-hybridized carbons (Fsp3) is 0. The highest BCUT2D eigenvalue weighted by Crippen LogP contribution is 2.27. The maximum atomic E-state index is 4.69. The molecule has 7 heterocycles. The summed E-state index contributed by atoms with van der Waals surface area (Å²) in [7, 11) is 0. The van der Waals surface area contributed by atoms with Crippen LogP contribution in [0.5, 0.6) is 0 Å². The molecule has 0 fully saturated rings. The molecule has 9 nitrogen and oxygen atoms in total. The van der Waals surface area contributed by atoms with Gasteiger partial charge in [-0.05, 0) is 34.3 Å². The molecule has 0 atom stereocenters. The van der Waals surface area contributed by atoms with E-state index in [0.29, 0.717) is 17.8 Å². The first-order chi connectivity index (χ1) is 17.8. The number of nitrogens with zero attached hydrogens (tertiary/aromatic N) is 9. The largest absolute Gasteiger partial charge is 0.257 e. The molecule has 7 aromatic heterocycles. The first-order valence-corrected chi connectivity index (χ1v) is 13.5. The van der Waals surface area contributed by atoms with Crippen molar-refractivity contribution >= 4 is 34.0 Å². The van der Waals surface area contributed by atoms with E-state index in [1.165, 1.54) is 0 Å². The van der Waals surface area contributed by atoms with E-state index in [2.05, 4.69) is 33.5 Å². The van der Waals surface area contributed by atoms with Gasteiger partial charge >= 0.3 is 0 Å². The number of hydrogen-bond acceptors (Lipinski definition) is 9. The first kappa shape index (κ1) is 21.1. The first-order valence-electron chi connectivity index (χ1n) is 10.8. The standard InChI is InChI=1S/C24H15N9S3/c1-4-19(34-7-1)16-10-25-31(13-16)22-28-23(32-14-17(11-26-32)20-5-2-8-35-20)30-24(29-22)33-15-18(12-27-33)21-6-3-9-36-21/h1-15H. The molecule has 0 bridgehead atoms. The van der Waals surface area contributed by atoms with Gasteiger partial charge in [-0.15, -0.1) is 34.0 Å². The van der Waals surface area contributed by atoms with Crippen LogP contribution in [0.1, 0.15) is 0 Å². The summed E-state index contributed by atoms with van der Waals surface area (Å²) in [4.78, 5) is 17.4. The van der Waals surface area contributed by atoms with E-state index in [4.69, 9.17) is 15.0 Å². The zero-order valence-electron chi connectivity index (χ0n) is 18.4. The van der Waals surface area contributed by atoms with Crippen LogP contribution in [0.15, 0.2) is 89.7 Å². The number of rotatable bonds is 6. The Morgan fingerprint density at radius 3 is 1.08 bits per heavy atom. The average molecular weight is 526 g/mol. The van der Waals surface area contributed by atoms with Crippen molar-refractivity contribution in [2.24, 2.45) is 0 Å². The molecule has 12 heteroatoms. The Morgan fingerprint density at radius 2 is 0.806 bits per heavy atom. The maximum absolute atomic E-state index is 4.69. The summed E-state index contributed by atoms with van der Waals surface area (Å²) in [6, 6.07) is 12.2. The fourth-order valence-electron chi connectivity index (χ4n) is 3.66. The molecule has 0 saturated carbocycles. The Balaban J connectivity index is 1.34. The van der Waals surface area contributed by atoms with Crippen LogP contribution in [0.25, 0.3) is 49.2 Å². The van der Waals surface area contributed by atoms with Crippen molar-refractivity contribution in [1.29, 1.82) is 0 Å². The summed E-state index contributed by atoms with van der Waals surface area (Å²) in [5.41, 5.74) is 2.98. The Bertz CT molecular complexity index is 1520. The number of aromatic nitrogens is 9. The van der Waals surface area contributed by atoms with E-state index in [0.717, 1.165) is 31.3 Å². The third kappa shape index (κ3) is 3.86. The Kier molecular flexibility index (Phi) is 5.12. The average Bonchev–Trinajstić information content (AvgIpc) is 3.77. The molecule has 0 aromatic carbocycles. The van der Waals surface area contributed by atoms with Crippen LogP contribution in [0.4, 0.5) is 0 Å². The summed E-state index contributed by atoms with van der Waals surface area (Å²) in [5.74, 6) is 1.12. The highest BCUT2D eigenvalue weighted by molar-refractivity contribution is 7.14. The van der Waals surface area contributed by atoms with Gasteiger partial charge < -0.3 is 0 Å². The van der Waals surface area contributed by atoms with E-state index < -0.39 is 0 Å². The molecule has 36 heavy (non-hydrogen) atoms. The predicted octanol–water partition coefficient (Wildman–Crippen LogP) is 5.61. The van der Waals surface area contributed by atoms with E-state index in [1.807, 2.05) is 52.9 Å². The summed E-state index contributed by atoms with van der Waals surface area (Å²) < 4.78 is 4.95. The highest BCUT2D eigenvalue weighted by Gasteiger charge is 2.16. The van der Waals surface area contributed by atoms with Crippen LogP contribution in [0.2, 0.25) is 0 Å². The van der Waals surface area contributed by atoms with Crippen LogP contribution < -0.4 is 0 Å². The minimum absolute atomic E-state index is 0.374. The van der Waals surface area contributed by atoms with Crippen molar-refractivity contribution in [2.45, 2.75) is 0 Å². The SMILES string of the molecule is c1csc(-c2cnn(-c3nc(-n4cc(-c5cccs5)cn4)nc(-n4cc(-c5cccs5)cn4)n3)c2)c1. The second-order valence-electron chi connectivity index (χ2n) is 7.69. The van der Waals surface area contributed by atoms with Gasteiger partial charge in [0.25, 0.3) is 17.8 Å². The summed E-state index contributed by atoms with van der Waals surface area (Å²) in [5, 5.41) is 19.7. The smallest absolute Gasteiger partial charge is 0.205 e. The Labute approximate surface area is 216 Å². The zero-order valence-corrected chi connectivity index (χ0v) is 20.9. The van der Waals surface area contributed by atoms with E-state index in [9.17, 15) is 0 Å². The molecule has 0 unspecified atom stereocenters. The summed E-state index contributed by atoms with van der Waals surface area (Å²) in [6.45, 7) is 0. The summed E-state index contributed by atoms with van der Waals surface area (Å²) in [6.07, 6.45) is 11.2. The fourth-order valence-corrected chi connectivity index (χ4v) is 5.76. The van der Waals surface area contributed by atoms with Crippen LogP contribution in [-0.2, 0) is 0 Å². The second kappa shape index (κ2) is 8.75. The molecule has 0 amide bonds. The van der Waals surface area contributed by atoms with Gasteiger partial charge in [0, 0.05) is 49.9 Å².